The standard InChI is InChI=1S/C10H14N2OS/c1-2-5-13-9(3-1)7-11-8-10-12-4-6-14-10/h2,4-6,9,11H,1,3,7-8H2. The monoisotopic (exact) mass is 210 g/mol. The van der Waals surface area contributed by atoms with Gasteiger partial charge in [-0.05, 0) is 18.9 Å². The molecule has 0 radical (unpaired) electrons. The van der Waals surface area contributed by atoms with Crippen molar-refractivity contribution in [3.8, 4) is 0 Å². The number of thiazole rings is 1. The van der Waals surface area contributed by atoms with Crippen molar-refractivity contribution in [3.05, 3.63) is 28.9 Å². The maximum Gasteiger partial charge on any atom is 0.110 e. The lowest BCUT2D eigenvalue weighted by atomic mass is 10.1. The van der Waals surface area contributed by atoms with Gasteiger partial charge in [0, 0.05) is 24.7 Å². The zero-order valence-electron chi connectivity index (χ0n) is 7.98. The van der Waals surface area contributed by atoms with E-state index in [4.69, 9.17) is 4.74 Å². The van der Waals surface area contributed by atoms with E-state index in [0.29, 0.717) is 6.10 Å². The average molecular weight is 210 g/mol. The number of aromatic nitrogens is 1. The van der Waals surface area contributed by atoms with Crippen LogP contribution >= 0.6 is 11.3 Å². The number of allylic oxidation sites excluding steroid dienone is 1. The van der Waals surface area contributed by atoms with Gasteiger partial charge >= 0.3 is 0 Å². The van der Waals surface area contributed by atoms with E-state index >= 15 is 0 Å². The summed E-state index contributed by atoms with van der Waals surface area (Å²) in [6, 6.07) is 0. The smallest absolute Gasteiger partial charge is 0.110 e. The van der Waals surface area contributed by atoms with Crippen LogP contribution in [-0.4, -0.2) is 17.6 Å². The first-order chi connectivity index (χ1) is 6.95. The summed E-state index contributed by atoms with van der Waals surface area (Å²) in [5.74, 6) is 0. The number of hydrogen-bond acceptors (Lipinski definition) is 4. The van der Waals surface area contributed by atoms with Gasteiger partial charge in [-0.3, -0.25) is 0 Å². The molecule has 1 aliphatic heterocycles. The van der Waals surface area contributed by atoms with Crippen LogP contribution in [0, 0.1) is 0 Å². The van der Waals surface area contributed by atoms with Gasteiger partial charge in [0.25, 0.3) is 0 Å². The summed E-state index contributed by atoms with van der Waals surface area (Å²) in [6.45, 7) is 1.76. The molecule has 14 heavy (non-hydrogen) atoms. The van der Waals surface area contributed by atoms with Crippen LogP contribution in [0.2, 0.25) is 0 Å². The van der Waals surface area contributed by atoms with Crippen LogP contribution in [0.15, 0.2) is 23.9 Å². The second-order valence-electron chi connectivity index (χ2n) is 3.26. The van der Waals surface area contributed by atoms with Crippen molar-refractivity contribution in [2.24, 2.45) is 0 Å². The fraction of sp³-hybridized carbons (Fsp3) is 0.500. The van der Waals surface area contributed by atoms with Crippen LogP contribution in [0.3, 0.4) is 0 Å². The van der Waals surface area contributed by atoms with Gasteiger partial charge in [-0.25, -0.2) is 4.98 Å². The SMILES string of the molecule is C1=COC(CNCc2nccs2)CC1. The summed E-state index contributed by atoms with van der Waals surface area (Å²) >= 11 is 1.68. The zero-order valence-corrected chi connectivity index (χ0v) is 8.80. The molecular formula is C10H14N2OS. The van der Waals surface area contributed by atoms with Crippen molar-refractivity contribution in [1.29, 1.82) is 0 Å². The van der Waals surface area contributed by atoms with E-state index in [-0.39, 0.29) is 0 Å². The predicted octanol–water partition coefficient (Wildman–Crippen LogP) is 1.93. The van der Waals surface area contributed by atoms with Gasteiger partial charge in [-0.15, -0.1) is 11.3 Å². The van der Waals surface area contributed by atoms with E-state index in [1.807, 2.05) is 11.6 Å². The molecule has 3 nitrogen and oxygen atoms in total. The summed E-state index contributed by atoms with van der Waals surface area (Å²) in [7, 11) is 0. The van der Waals surface area contributed by atoms with Gasteiger partial charge in [0.2, 0.25) is 0 Å². The molecule has 76 valence electrons. The molecule has 2 rings (SSSR count). The highest BCUT2D eigenvalue weighted by Crippen LogP contribution is 2.09. The molecule has 0 bridgehead atoms. The number of nitrogens with zero attached hydrogens (tertiary/aromatic N) is 1. The van der Waals surface area contributed by atoms with Gasteiger partial charge in [0.15, 0.2) is 0 Å². The first kappa shape index (κ1) is 9.68. The number of ether oxygens (including phenoxy) is 1. The second kappa shape index (κ2) is 5.12. The quantitative estimate of drug-likeness (QED) is 0.824. The van der Waals surface area contributed by atoms with Crippen molar-refractivity contribution in [2.45, 2.75) is 25.5 Å². The molecule has 0 aromatic carbocycles. The number of rotatable bonds is 4. The fourth-order valence-electron chi connectivity index (χ4n) is 1.42. The Morgan fingerprint density at radius 3 is 3.36 bits per heavy atom. The van der Waals surface area contributed by atoms with Crippen LogP contribution in [0.25, 0.3) is 0 Å². The van der Waals surface area contributed by atoms with Crippen LogP contribution < -0.4 is 5.32 Å². The highest BCUT2D eigenvalue weighted by molar-refractivity contribution is 7.09. The highest BCUT2D eigenvalue weighted by atomic mass is 32.1. The summed E-state index contributed by atoms with van der Waals surface area (Å²) in [6.07, 6.45) is 8.28. The van der Waals surface area contributed by atoms with E-state index in [9.17, 15) is 0 Å². The molecule has 0 spiro atoms. The van der Waals surface area contributed by atoms with E-state index in [1.165, 1.54) is 0 Å². The topological polar surface area (TPSA) is 34.1 Å². The van der Waals surface area contributed by atoms with Crippen LogP contribution in [0.5, 0.6) is 0 Å². The van der Waals surface area contributed by atoms with Gasteiger partial charge in [-0.1, -0.05) is 0 Å². The minimum Gasteiger partial charge on any atom is -0.497 e. The summed E-state index contributed by atoms with van der Waals surface area (Å²) in [5.41, 5.74) is 0. The summed E-state index contributed by atoms with van der Waals surface area (Å²) in [4.78, 5) is 4.20. The Kier molecular flexibility index (Phi) is 3.54. The second-order valence-corrected chi connectivity index (χ2v) is 4.24. The molecular weight excluding hydrogens is 196 g/mol. The normalized spacial score (nSPS) is 20.7. The third kappa shape index (κ3) is 2.82. The molecule has 1 aromatic rings. The largest absolute Gasteiger partial charge is 0.497 e. The van der Waals surface area contributed by atoms with Gasteiger partial charge in [0.1, 0.15) is 11.1 Å². The molecule has 4 heteroatoms. The lowest BCUT2D eigenvalue weighted by molar-refractivity contribution is 0.122. The Balaban J connectivity index is 1.65. The molecule has 2 heterocycles. The Morgan fingerprint density at radius 1 is 1.64 bits per heavy atom. The van der Waals surface area contributed by atoms with E-state index in [1.54, 1.807) is 17.6 Å². The molecule has 1 atom stereocenters. The Bertz CT molecular complexity index is 284. The summed E-state index contributed by atoms with van der Waals surface area (Å²) in [5, 5.41) is 6.48. The maximum atomic E-state index is 5.44. The van der Waals surface area contributed by atoms with Crippen LogP contribution in [0.4, 0.5) is 0 Å². The number of hydrogen-bond donors (Lipinski definition) is 1. The van der Waals surface area contributed by atoms with Gasteiger partial charge < -0.3 is 10.1 Å². The molecule has 1 aromatic heterocycles. The molecule has 1 unspecified atom stereocenters. The van der Waals surface area contributed by atoms with Crippen molar-refractivity contribution in [2.75, 3.05) is 6.54 Å². The minimum absolute atomic E-state index is 0.333. The maximum absolute atomic E-state index is 5.44. The van der Waals surface area contributed by atoms with E-state index in [0.717, 1.165) is 30.9 Å². The van der Waals surface area contributed by atoms with Crippen LogP contribution in [-0.2, 0) is 11.3 Å². The third-order valence-electron chi connectivity index (χ3n) is 2.15. The van der Waals surface area contributed by atoms with Crippen molar-refractivity contribution in [3.63, 3.8) is 0 Å². The molecule has 1 N–H and O–H groups in total. The van der Waals surface area contributed by atoms with E-state index in [2.05, 4.69) is 16.4 Å². The molecule has 0 amide bonds. The molecule has 0 aliphatic carbocycles. The first-order valence-electron chi connectivity index (χ1n) is 4.85. The zero-order chi connectivity index (χ0) is 9.64. The molecule has 1 aliphatic rings. The van der Waals surface area contributed by atoms with Crippen molar-refractivity contribution < 1.29 is 4.74 Å². The van der Waals surface area contributed by atoms with Gasteiger partial charge in [-0.2, -0.15) is 0 Å². The first-order valence-corrected chi connectivity index (χ1v) is 5.72. The Hall–Kier alpha value is -0.870. The van der Waals surface area contributed by atoms with Crippen molar-refractivity contribution in [1.82, 2.24) is 10.3 Å². The fourth-order valence-corrected chi connectivity index (χ4v) is 2.00. The predicted molar refractivity (Wildman–Crippen MR) is 57.1 cm³/mol. The van der Waals surface area contributed by atoms with Crippen LogP contribution in [0.1, 0.15) is 17.8 Å². The highest BCUT2D eigenvalue weighted by Gasteiger charge is 2.09. The lowest BCUT2D eigenvalue weighted by Gasteiger charge is -2.19. The lowest BCUT2D eigenvalue weighted by Crippen LogP contribution is -2.28. The minimum atomic E-state index is 0.333. The number of nitrogens with one attached hydrogen (secondary N) is 1. The average Bonchev–Trinajstić information content (AvgIpc) is 2.72. The molecule has 0 fully saturated rings. The van der Waals surface area contributed by atoms with Crippen molar-refractivity contribution >= 4 is 11.3 Å². The van der Waals surface area contributed by atoms with E-state index < -0.39 is 0 Å². The Morgan fingerprint density at radius 2 is 2.64 bits per heavy atom. The molecule has 0 saturated heterocycles. The Labute approximate surface area is 87.8 Å². The molecule has 0 saturated carbocycles. The third-order valence-corrected chi connectivity index (χ3v) is 2.93. The van der Waals surface area contributed by atoms with Gasteiger partial charge in [0.05, 0.1) is 6.26 Å². The summed E-state index contributed by atoms with van der Waals surface area (Å²) < 4.78 is 5.44.